The van der Waals surface area contributed by atoms with Gasteiger partial charge in [0.15, 0.2) is 0 Å². The molecule has 2 heteroatoms. The summed E-state index contributed by atoms with van der Waals surface area (Å²) in [4.78, 5) is 2.27. The van der Waals surface area contributed by atoms with Gasteiger partial charge < -0.3 is 10.2 Å². The van der Waals surface area contributed by atoms with Gasteiger partial charge >= 0.3 is 0 Å². The van der Waals surface area contributed by atoms with Crippen molar-refractivity contribution in [1.29, 1.82) is 0 Å². The highest BCUT2D eigenvalue weighted by Crippen LogP contribution is 2.13. The fourth-order valence-electron chi connectivity index (χ4n) is 2.08. The van der Waals surface area contributed by atoms with Crippen molar-refractivity contribution in [3.8, 4) is 0 Å². The molecule has 0 radical (unpaired) electrons. The molecule has 2 nitrogen and oxygen atoms in total. The summed E-state index contributed by atoms with van der Waals surface area (Å²) < 4.78 is 0. The molecular weight excluding hydrogens is 184 g/mol. The monoisotopic (exact) mass is 210 g/mol. The summed E-state index contributed by atoms with van der Waals surface area (Å²) in [7, 11) is 4.29. The molecule has 15 heavy (non-hydrogen) atoms. The van der Waals surface area contributed by atoms with Crippen LogP contribution in [-0.4, -0.2) is 37.6 Å². The molecule has 0 amide bonds. The van der Waals surface area contributed by atoms with E-state index < -0.39 is 0 Å². The Hall–Kier alpha value is -0.340. The minimum Gasteiger partial charge on any atom is -0.308 e. The molecule has 88 valence electrons. The molecule has 2 unspecified atom stereocenters. The SMILES string of the molecule is CC(C)C(CN(C)C)NC1C=CCCC1. The van der Waals surface area contributed by atoms with E-state index in [0.717, 1.165) is 6.54 Å². The smallest absolute Gasteiger partial charge is 0.0253 e. The van der Waals surface area contributed by atoms with Crippen molar-refractivity contribution in [3.63, 3.8) is 0 Å². The van der Waals surface area contributed by atoms with Gasteiger partial charge in [0.25, 0.3) is 0 Å². The van der Waals surface area contributed by atoms with Gasteiger partial charge in [-0.1, -0.05) is 26.0 Å². The molecule has 0 saturated heterocycles. The summed E-state index contributed by atoms with van der Waals surface area (Å²) in [6.45, 7) is 5.73. The van der Waals surface area contributed by atoms with Gasteiger partial charge in [0, 0.05) is 18.6 Å². The van der Waals surface area contributed by atoms with Crippen molar-refractivity contribution in [1.82, 2.24) is 10.2 Å². The molecule has 0 aromatic carbocycles. The normalized spacial score (nSPS) is 23.7. The van der Waals surface area contributed by atoms with Crippen LogP contribution in [0.5, 0.6) is 0 Å². The van der Waals surface area contributed by atoms with Crippen molar-refractivity contribution < 1.29 is 0 Å². The average Bonchev–Trinajstić information content (AvgIpc) is 2.17. The number of hydrogen-bond acceptors (Lipinski definition) is 2. The third-order valence-corrected chi connectivity index (χ3v) is 3.05. The highest BCUT2D eigenvalue weighted by Gasteiger charge is 2.18. The van der Waals surface area contributed by atoms with Crippen molar-refractivity contribution in [2.24, 2.45) is 5.92 Å². The molecule has 1 aliphatic carbocycles. The van der Waals surface area contributed by atoms with E-state index in [1.165, 1.54) is 19.3 Å². The topological polar surface area (TPSA) is 15.3 Å². The maximum atomic E-state index is 3.76. The van der Waals surface area contributed by atoms with Crippen LogP contribution in [0.25, 0.3) is 0 Å². The zero-order valence-electron chi connectivity index (χ0n) is 10.7. The summed E-state index contributed by atoms with van der Waals surface area (Å²) in [6.07, 6.45) is 8.55. The first kappa shape index (κ1) is 12.7. The first-order valence-corrected chi connectivity index (χ1v) is 6.17. The van der Waals surface area contributed by atoms with Crippen LogP contribution in [0.15, 0.2) is 12.2 Å². The van der Waals surface area contributed by atoms with Gasteiger partial charge in [0.05, 0.1) is 0 Å². The summed E-state index contributed by atoms with van der Waals surface area (Å²) in [5.41, 5.74) is 0. The minimum atomic E-state index is 0.603. The van der Waals surface area contributed by atoms with Crippen molar-refractivity contribution in [2.45, 2.75) is 45.2 Å². The van der Waals surface area contributed by atoms with Gasteiger partial charge in [-0.2, -0.15) is 0 Å². The van der Waals surface area contributed by atoms with Crippen LogP contribution in [0, 0.1) is 5.92 Å². The van der Waals surface area contributed by atoms with E-state index in [2.05, 4.69) is 50.3 Å². The molecule has 0 fully saturated rings. The Kier molecular flexibility index (Phi) is 5.34. The van der Waals surface area contributed by atoms with Gasteiger partial charge in [-0.3, -0.25) is 0 Å². The van der Waals surface area contributed by atoms with E-state index in [1.807, 2.05) is 0 Å². The van der Waals surface area contributed by atoms with Gasteiger partial charge in [-0.25, -0.2) is 0 Å². The third kappa shape index (κ3) is 4.80. The van der Waals surface area contributed by atoms with Gasteiger partial charge in [-0.15, -0.1) is 0 Å². The first-order valence-electron chi connectivity index (χ1n) is 6.17. The lowest BCUT2D eigenvalue weighted by Gasteiger charge is -2.30. The predicted octanol–water partition coefficient (Wildman–Crippen LogP) is 2.27. The highest BCUT2D eigenvalue weighted by atomic mass is 15.1. The van der Waals surface area contributed by atoms with Crippen LogP contribution in [-0.2, 0) is 0 Å². The molecule has 0 aliphatic heterocycles. The van der Waals surface area contributed by atoms with Crippen LogP contribution >= 0.6 is 0 Å². The second kappa shape index (κ2) is 6.29. The Balaban J connectivity index is 2.42. The lowest BCUT2D eigenvalue weighted by molar-refractivity contribution is 0.273. The lowest BCUT2D eigenvalue weighted by Crippen LogP contribution is -2.46. The van der Waals surface area contributed by atoms with Crippen molar-refractivity contribution in [2.75, 3.05) is 20.6 Å². The van der Waals surface area contributed by atoms with Crippen LogP contribution in [0.1, 0.15) is 33.1 Å². The summed E-state index contributed by atoms with van der Waals surface area (Å²) >= 11 is 0. The van der Waals surface area contributed by atoms with Crippen molar-refractivity contribution in [3.05, 3.63) is 12.2 Å². The zero-order valence-corrected chi connectivity index (χ0v) is 10.7. The van der Waals surface area contributed by atoms with Crippen LogP contribution in [0.4, 0.5) is 0 Å². The van der Waals surface area contributed by atoms with E-state index in [4.69, 9.17) is 0 Å². The molecule has 1 N–H and O–H groups in total. The fraction of sp³-hybridized carbons (Fsp3) is 0.846. The zero-order chi connectivity index (χ0) is 11.3. The number of allylic oxidation sites excluding steroid dienone is 1. The Labute approximate surface area is 94.7 Å². The van der Waals surface area contributed by atoms with Crippen LogP contribution < -0.4 is 5.32 Å². The van der Waals surface area contributed by atoms with E-state index in [1.54, 1.807) is 0 Å². The number of nitrogens with one attached hydrogen (secondary N) is 1. The molecule has 0 aromatic heterocycles. The highest BCUT2D eigenvalue weighted by molar-refractivity contribution is 4.99. The van der Waals surface area contributed by atoms with E-state index in [-0.39, 0.29) is 0 Å². The maximum Gasteiger partial charge on any atom is 0.0253 e. The van der Waals surface area contributed by atoms with Gasteiger partial charge in [0.2, 0.25) is 0 Å². The third-order valence-electron chi connectivity index (χ3n) is 3.05. The first-order chi connectivity index (χ1) is 7.09. The number of rotatable bonds is 5. The lowest BCUT2D eigenvalue weighted by atomic mass is 9.98. The molecule has 1 rings (SSSR count). The molecule has 0 aromatic rings. The Morgan fingerprint density at radius 1 is 1.40 bits per heavy atom. The standard InChI is InChI=1S/C13H26N2/c1-11(2)13(10-15(3)4)14-12-8-6-5-7-9-12/h6,8,11-14H,5,7,9-10H2,1-4H3. The number of hydrogen-bond donors (Lipinski definition) is 1. The van der Waals surface area contributed by atoms with E-state index in [0.29, 0.717) is 18.0 Å². The van der Waals surface area contributed by atoms with E-state index >= 15 is 0 Å². The summed E-state index contributed by atoms with van der Waals surface area (Å²) in [6, 6.07) is 1.21. The maximum absolute atomic E-state index is 3.76. The largest absolute Gasteiger partial charge is 0.308 e. The Morgan fingerprint density at radius 3 is 2.60 bits per heavy atom. The molecule has 2 atom stereocenters. The second-order valence-electron chi connectivity index (χ2n) is 5.24. The number of likely N-dealkylation sites (N-methyl/N-ethyl adjacent to an activating group) is 1. The number of nitrogens with zero attached hydrogens (tertiary/aromatic N) is 1. The molecule has 0 bridgehead atoms. The second-order valence-corrected chi connectivity index (χ2v) is 5.24. The van der Waals surface area contributed by atoms with Crippen LogP contribution in [0.2, 0.25) is 0 Å². The van der Waals surface area contributed by atoms with Gasteiger partial charge in [-0.05, 0) is 39.3 Å². The minimum absolute atomic E-state index is 0.603. The Morgan fingerprint density at radius 2 is 2.13 bits per heavy atom. The fourth-order valence-corrected chi connectivity index (χ4v) is 2.08. The molecule has 0 heterocycles. The van der Waals surface area contributed by atoms with E-state index in [9.17, 15) is 0 Å². The summed E-state index contributed by atoms with van der Waals surface area (Å²) in [5, 5.41) is 3.76. The molecule has 0 saturated carbocycles. The average molecular weight is 210 g/mol. The Bertz CT molecular complexity index is 197. The quantitative estimate of drug-likeness (QED) is 0.700. The summed E-state index contributed by atoms with van der Waals surface area (Å²) in [5.74, 6) is 0.697. The van der Waals surface area contributed by atoms with Crippen LogP contribution in [0.3, 0.4) is 0 Å². The molecule has 1 aliphatic rings. The molecular formula is C13H26N2. The van der Waals surface area contributed by atoms with Gasteiger partial charge in [0.1, 0.15) is 0 Å². The van der Waals surface area contributed by atoms with Crippen molar-refractivity contribution >= 4 is 0 Å². The predicted molar refractivity (Wildman–Crippen MR) is 67.1 cm³/mol. The molecule has 0 spiro atoms.